The van der Waals surface area contributed by atoms with E-state index in [-0.39, 0.29) is 0 Å². The first-order chi connectivity index (χ1) is 10.3. The Hall–Kier alpha value is -0.795. The van der Waals surface area contributed by atoms with Gasteiger partial charge in [0.15, 0.2) is 29.1 Å². The molecule has 0 bridgehead atoms. The van der Waals surface area contributed by atoms with Crippen molar-refractivity contribution in [2.45, 2.75) is 52.6 Å². The SMILES string of the molecule is CC(C)(C)N1SN(C(C)(C)C)B1c1c(F)c(F)c(F)c(F)c1F. The summed E-state index contributed by atoms with van der Waals surface area (Å²) in [5, 5.41) is 0. The van der Waals surface area contributed by atoms with Crippen LogP contribution in [0.3, 0.4) is 0 Å². The lowest BCUT2D eigenvalue weighted by molar-refractivity contribution is 0.276. The van der Waals surface area contributed by atoms with Crippen LogP contribution in [0.25, 0.3) is 0 Å². The van der Waals surface area contributed by atoms with Gasteiger partial charge in [-0.3, -0.25) is 8.43 Å². The van der Waals surface area contributed by atoms with Crippen LogP contribution in [0.4, 0.5) is 22.0 Å². The number of nitrogens with zero attached hydrogens (tertiary/aromatic N) is 2. The molecule has 0 amide bonds. The second kappa shape index (κ2) is 5.63. The Morgan fingerprint density at radius 1 is 0.652 bits per heavy atom. The van der Waals surface area contributed by atoms with E-state index in [9.17, 15) is 22.0 Å². The molecule has 0 N–H and O–H groups in total. The summed E-state index contributed by atoms with van der Waals surface area (Å²) in [4.78, 5) is 0. The van der Waals surface area contributed by atoms with Gasteiger partial charge >= 0.3 is 6.98 Å². The second-order valence-corrected chi connectivity index (χ2v) is 8.38. The molecule has 0 unspecified atom stereocenters. The van der Waals surface area contributed by atoms with Crippen molar-refractivity contribution in [3.05, 3.63) is 29.1 Å². The van der Waals surface area contributed by atoms with Crippen molar-refractivity contribution < 1.29 is 22.0 Å². The fourth-order valence-corrected chi connectivity index (χ4v) is 3.42. The summed E-state index contributed by atoms with van der Waals surface area (Å²) >= 11 is 1.22. The molecule has 0 saturated carbocycles. The largest absolute Gasteiger partial charge is 0.375 e. The van der Waals surface area contributed by atoms with Crippen molar-refractivity contribution >= 4 is 24.6 Å². The van der Waals surface area contributed by atoms with Gasteiger partial charge in [-0.2, -0.15) is 0 Å². The van der Waals surface area contributed by atoms with Crippen molar-refractivity contribution in [3.8, 4) is 0 Å². The van der Waals surface area contributed by atoms with E-state index in [2.05, 4.69) is 0 Å². The predicted molar refractivity (Wildman–Crippen MR) is 82.4 cm³/mol. The summed E-state index contributed by atoms with van der Waals surface area (Å²) in [5.74, 6) is -9.54. The highest BCUT2D eigenvalue weighted by Gasteiger charge is 2.56. The van der Waals surface area contributed by atoms with Crippen LogP contribution in [0.2, 0.25) is 0 Å². The zero-order chi connectivity index (χ0) is 17.9. The van der Waals surface area contributed by atoms with E-state index in [0.29, 0.717) is 0 Å². The van der Waals surface area contributed by atoms with Crippen LogP contribution in [0, 0.1) is 29.1 Å². The maximum Gasteiger partial charge on any atom is 0.375 e. The lowest BCUT2D eigenvalue weighted by Crippen LogP contribution is -2.74. The molecule has 23 heavy (non-hydrogen) atoms. The zero-order valence-electron chi connectivity index (χ0n) is 13.8. The Labute approximate surface area is 137 Å². The van der Waals surface area contributed by atoms with E-state index in [4.69, 9.17) is 0 Å². The summed E-state index contributed by atoms with van der Waals surface area (Å²) in [6.07, 6.45) is 0. The van der Waals surface area contributed by atoms with E-state index in [0.717, 1.165) is 0 Å². The van der Waals surface area contributed by atoms with Gasteiger partial charge in [-0.1, -0.05) is 0 Å². The van der Waals surface area contributed by atoms with Crippen LogP contribution in [-0.4, -0.2) is 26.5 Å². The average molecular weight is 352 g/mol. The topological polar surface area (TPSA) is 6.48 Å². The molecule has 0 radical (unpaired) electrons. The fraction of sp³-hybridized carbons (Fsp3) is 0.571. The molecule has 128 valence electrons. The van der Waals surface area contributed by atoms with Crippen LogP contribution in [0.1, 0.15) is 41.5 Å². The molecule has 1 heterocycles. The van der Waals surface area contributed by atoms with Crippen LogP contribution < -0.4 is 5.46 Å². The molecule has 1 aromatic rings. The number of halogens is 5. The first-order valence-corrected chi connectivity index (χ1v) is 7.79. The minimum Gasteiger partial charge on any atom is -0.251 e. The first-order valence-electron chi connectivity index (χ1n) is 7.06. The highest BCUT2D eigenvalue weighted by Crippen LogP contribution is 2.44. The molecule has 1 aromatic carbocycles. The van der Waals surface area contributed by atoms with Gasteiger partial charge in [0.05, 0.1) is 0 Å². The summed E-state index contributed by atoms with van der Waals surface area (Å²) in [7, 11) is 0. The van der Waals surface area contributed by atoms with E-state index in [1.807, 2.05) is 0 Å². The highest BCUT2D eigenvalue weighted by atomic mass is 32.2. The van der Waals surface area contributed by atoms with Gasteiger partial charge in [0.2, 0.25) is 0 Å². The van der Waals surface area contributed by atoms with Crippen LogP contribution in [0.15, 0.2) is 0 Å². The molecule has 9 heteroatoms. The van der Waals surface area contributed by atoms with Crippen LogP contribution >= 0.6 is 12.1 Å². The van der Waals surface area contributed by atoms with Crippen molar-refractivity contribution in [2.24, 2.45) is 0 Å². The maximum absolute atomic E-state index is 14.2. The van der Waals surface area contributed by atoms with Crippen molar-refractivity contribution in [2.75, 3.05) is 0 Å². The van der Waals surface area contributed by atoms with Crippen molar-refractivity contribution in [1.29, 1.82) is 0 Å². The maximum atomic E-state index is 14.2. The van der Waals surface area contributed by atoms with E-state index < -0.39 is 52.6 Å². The van der Waals surface area contributed by atoms with Gasteiger partial charge in [-0.25, -0.2) is 22.0 Å². The molecular weight excluding hydrogens is 334 g/mol. The normalized spacial score (nSPS) is 17.6. The monoisotopic (exact) mass is 352 g/mol. The van der Waals surface area contributed by atoms with Crippen molar-refractivity contribution in [1.82, 2.24) is 8.43 Å². The molecule has 0 spiro atoms. The summed E-state index contributed by atoms with van der Waals surface area (Å²) < 4.78 is 72.1. The molecule has 1 aliphatic rings. The third-order valence-electron chi connectivity index (χ3n) is 3.44. The molecule has 0 aromatic heterocycles. The van der Waals surface area contributed by atoms with Gasteiger partial charge in [0.25, 0.3) is 0 Å². The van der Waals surface area contributed by atoms with Crippen molar-refractivity contribution in [3.63, 3.8) is 0 Å². The third-order valence-corrected chi connectivity index (χ3v) is 5.29. The molecule has 2 rings (SSSR count). The summed E-state index contributed by atoms with van der Waals surface area (Å²) in [5.41, 5.74) is -1.88. The lowest BCUT2D eigenvalue weighted by atomic mass is 9.63. The quantitative estimate of drug-likeness (QED) is 0.249. The Balaban J connectivity index is 2.65. The Morgan fingerprint density at radius 2 is 0.957 bits per heavy atom. The van der Waals surface area contributed by atoms with Gasteiger partial charge < -0.3 is 0 Å². The van der Waals surface area contributed by atoms with Crippen LogP contribution in [0.5, 0.6) is 0 Å². The highest BCUT2D eigenvalue weighted by molar-refractivity contribution is 8.00. The fourth-order valence-electron chi connectivity index (χ4n) is 2.30. The minimum absolute atomic E-state index is 0.530. The predicted octanol–water partition coefficient (Wildman–Crippen LogP) is 3.86. The van der Waals surface area contributed by atoms with E-state index >= 15 is 0 Å². The first kappa shape index (κ1) is 18.5. The number of benzene rings is 1. The van der Waals surface area contributed by atoms with Crippen LogP contribution in [-0.2, 0) is 0 Å². The molecule has 1 aliphatic heterocycles. The molecule has 0 aliphatic carbocycles. The van der Waals surface area contributed by atoms with E-state index in [1.54, 1.807) is 50.0 Å². The average Bonchev–Trinajstić information content (AvgIpc) is 2.34. The third kappa shape index (κ3) is 2.98. The molecule has 2 nitrogen and oxygen atoms in total. The van der Waals surface area contributed by atoms with Gasteiger partial charge in [-0.15, -0.1) is 0 Å². The standard InChI is InChI=1S/C14H18BF5N2S/c1-13(2,3)21-15(22(23-21)14(4,5)6)7-8(16)10(18)12(20)11(19)9(7)17/h1-6H3. The number of rotatable bonds is 1. The smallest absolute Gasteiger partial charge is 0.251 e. The lowest BCUT2D eigenvalue weighted by Gasteiger charge is -2.57. The number of hydrogen-bond donors (Lipinski definition) is 0. The molecule has 0 atom stereocenters. The summed E-state index contributed by atoms with van der Waals surface area (Å²) in [6.45, 7) is 9.78. The molecular formula is C14H18BF5N2S. The Morgan fingerprint density at radius 3 is 1.26 bits per heavy atom. The zero-order valence-corrected chi connectivity index (χ0v) is 14.6. The number of hydrogen-bond acceptors (Lipinski definition) is 3. The minimum atomic E-state index is -2.14. The molecule has 1 saturated heterocycles. The van der Waals surface area contributed by atoms with Gasteiger partial charge in [0.1, 0.15) is 0 Å². The van der Waals surface area contributed by atoms with Gasteiger partial charge in [0, 0.05) is 16.5 Å². The molecule has 1 fully saturated rings. The second-order valence-electron chi connectivity index (χ2n) is 7.43. The summed E-state index contributed by atoms with van der Waals surface area (Å²) in [6, 6.07) is 0. The van der Waals surface area contributed by atoms with Gasteiger partial charge in [-0.05, 0) is 53.7 Å². The van der Waals surface area contributed by atoms with E-state index in [1.165, 1.54) is 12.1 Å². The Bertz CT molecular complexity index is 593. The Kier molecular flexibility index (Phi) is 4.54.